The van der Waals surface area contributed by atoms with Gasteiger partial charge in [0.2, 0.25) is 0 Å². The van der Waals surface area contributed by atoms with Crippen molar-refractivity contribution >= 4 is 5.69 Å². The van der Waals surface area contributed by atoms with E-state index >= 15 is 0 Å². The average molecular weight is 223 g/mol. The molecule has 2 nitrogen and oxygen atoms in total. The van der Waals surface area contributed by atoms with Crippen molar-refractivity contribution in [2.24, 2.45) is 0 Å². The number of aliphatic hydroxyl groups is 1. The summed E-state index contributed by atoms with van der Waals surface area (Å²) in [4.78, 5) is 0. The molecule has 1 fully saturated rings. The third kappa shape index (κ3) is 2.35. The summed E-state index contributed by atoms with van der Waals surface area (Å²) < 4.78 is 13.5. The van der Waals surface area contributed by atoms with Gasteiger partial charge in [-0.2, -0.15) is 0 Å². The van der Waals surface area contributed by atoms with Gasteiger partial charge >= 0.3 is 0 Å². The minimum atomic E-state index is -0.319. The topological polar surface area (TPSA) is 32.3 Å². The lowest BCUT2D eigenvalue weighted by Crippen LogP contribution is -2.44. The molecule has 3 heteroatoms. The highest BCUT2D eigenvalue weighted by Crippen LogP contribution is 2.31. The van der Waals surface area contributed by atoms with Crippen LogP contribution in [0.4, 0.5) is 10.1 Å². The number of hydrogen-bond donors (Lipinski definition) is 2. The van der Waals surface area contributed by atoms with Crippen LogP contribution in [0.25, 0.3) is 0 Å². The fraction of sp³-hybridized carbons (Fsp3) is 0.538. The number of benzene rings is 1. The van der Waals surface area contributed by atoms with E-state index in [-0.39, 0.29) is 18.0 Å². The lowest BCUT2D eigenvalue weighted by atomic mass is 9.82. The molecule has 1 saturated carbocycles. The minimum absolute atomic E-state index is 0.0708. The normalized spacial score (nSPS) is 19.4. The van der Waals surface area contributed by atoms with E-state index in [1.54, 1.807) is 18.2 Å². The molecule has 0 amide bonds. The van der Waals surface area contributed by atoms with Gasteiger partial charge < -0.3 is 10.4 Å². The molecule has 0 spiro atoms. The maximum atomic E-state index is 13.5. The van der Waals surface area contributed by atoms with Crippen LogP contribution in [0.5, 0.6) is 0 Å². The summed E-state index contributed by atoms with van der Waals surface area (Å²) >= 11 is 0. The first kappa shape index (κ1) is 11.4. The van der Waals surface area contributed by atoms with Crippen LogP contribution >= 0.6 is 0 Å². The van der Waals surface area contributed by atoms with E-state index in [1.807, 2.05) is 0 Å². The summed E-state index contributed by atoms with van der Waals surface area (Å²) in [6.45, 7) is 0.0708. The van der Waals surface area contributed by atoms with Gasteiger partial charge in [-0.15, -0.1) is 0 Å². The van der Waals surface area contributed by atoms with Gasteiger partial charge in [-0.1, -0.05) is 31.4 Å². The predicted molar refractivity (Wildman–Crippen MR) is 62.9 cm³/mol. The standard InChI is InChI=1S/C13H18FNO/c14-11-6-2-3-7-12(11)15-13(10-16)8-4-1-5-9-13/h2-3,6-7,15-16H,1,4-5,8-10H2. The van der Waals surface area contributed by atoms with E-state index in [4.69, 9.17) is 0 Å². The van der Waals surface area contributed by atoms with E-state index in [1.165, 1.54) is 12.5 Å². The van der Waals surface area contributed by atoms with E-state index in [2.05, 4.69) is 5.32 Å². The van der Waals surface area contributed by atoms with E-state index in [0.29, 0.717) is 5.69 Å². The van der Waals surface area contributed by atoms with Gasteiger partial charge in [0, 0.05) is 0 Å². The lowest BCUT2D eigenvalue weighted by molar-refractivity contribution is 0.172. The van der Waals surface area contributed by atoms with Crippen molar-refractivity contribution in [2.75, 3.05) is 11.9 Å². The highest BCUT2D eigenvalue weighted by Gasteiger charge is 2.31. The van der Waals surface area contributed by atoms with Crippen molar-refractivity contribution in [1.29, 1.82) is 0 Å². The Kier molecular flexibility index (Phi) is 3.44. The number of nitrogens with one attached hydrogen (secondary N) is 1. The number of rotatable bonds is 3. The molecule has 0 bridgehead atoms. The quantitative estimate of drug-likeness (QED) is 0.825. The number of para-hydroxylation sites is 1. The Hall–Kier alpha value is -1.09. The fourth-order valence-electron chi connectivity index (χ4n) is 2.40. The molecule has 88 valence electrons. The molecule has 0 radical (unpaired) electrons. The van der Waals surface area contributed by atoms with Crippen LogP contribution in [-0.2, 0) is 0 Å². The second-order valence-electron chi connectivity index (χ2n) is 4.60. The Balaban J connectivity index is 2.15. The van der Waals surface area contributed by atoms with Crippen LogP contribution in [0.3, 0.4) is 0 Å². The molecule has 16 heavy (non-hydrogen) atoms. The Morgan fingerprint density at radius 1 is 1.19 bits per heavy atom. The van der Waals surface area contributed by atoms with Crippen molar-refractivity contribution in [3.63, 3.8) is 0 Å². The summed E-state index contributed by atoms with van der Waals surface area (Å²) in [6, 6.07) is 6.64. The number of anilines is 1. The van der Waals surface area contributed by atoms with Crippen LogP contribution < -0.4 is 5.32 Å². The molecule has 0 atom stereocenters. The van der Waals surface area contributed by atoms with Crippen LogP contribution in [0.15, 0.2) is 24.3 Å². The molecule has 1 aromatic carbocycles. The first-order chi connectivity index (χ1) is 7.76. The Bertz CT molecular complexity index is 348. The zero-order valence-electron chi connectivity index (χ0n) is 9.38. The largest absolute Gasteiger partial charge is 0.394 e. The Labute approximate surface area is 95.5 Å². The van der Waals surface area contributed by atoms with E-state index in [0.717, 1.165) is 25.7 Å². The smallest absolute Gasteiger partial charge is 0.146 e. The molecule has 1 aliphatic carbocycles. The molecule has 0 aliphatic heterocycles. The van der Waals surface area contributed by atoms with Crippen LogP contribution in [0.1, 0.15) is 32.1 Å². The van der Waals surface area contributed by atoms with Gasteiger partial charge in [-0.25, -0.2) is 4.39 Å². The molecular weight excluding hydrogens is 205 g/mol. The van der Waals surface area contributed by atoms with Gasteiger partial charge in [0.1, 0.15) is 5.82 Å². The highest BCUT2D eigenvalue weighted by atomic mass is 19.1. The van der Waals surface area contributed by atoms with Crippen LogP contribution in [0.2, 0.25) is 0 Å². The van der Waals surface area contributed by atoms with Gasteiger partial charge in [0.25, 0.3) is 0 Å². The monoisotopic (exact) mass is 223 g/mol. The zero-order chi connectivity index (χ0) is 11.4. The third-order valence-electron chi connectivity index (χ3n) is 3.39. The molecule has 0 heterocycles. The number of halogens is 1. The maximum Gasteiger partial charge on any atom is 0.146 e. The average Bonchev–Trinajstić information content (AvgIpc) is 2.33. The molecule has 0 aromatic heterocycles. The maximum absolute atomic E-state index is 13.5. The van der Waals surface area contributed by atoms with Gasteiger partial charge in [0.05, 0.1) is 17.8 Å². The summed E-state index contributed by atoms with van der Waals surface area (Å²) in [5, 5.41) is 12.7. The van der Waals surface area contributed by atoms with Crippen molar-refractivity contribution in [3.8, 4) is 0 Å². The molecule has 0 saturated heterocycles. The molecule has 0 unspecified atom stereocenters. The van der Waals surface area contributed by atoms with Crippen molar-refractivity contribution in [1.82, 2.24) is 0 Å². The number of hydrogen-bond acceptors (Lipinski definition) is 2. The first-order valence-electron chi connectivity index (χ1n) is 5.89. The first-order valence-corrected chi connectivity index (χ1v) is 5.89. The third-order valence-corrected chi connectivity index (χ3v) is 3.39. The second-order valence-corrected chi connectivity index (χ2v) is 4.60. The predicted octanol–water partition coefficient (Wildman–Crippen LogP) is 2.93. The van der Waals surface area contributed by atoms with Gasteiger partial charge in [0.15, 0.2) is 0 Å². The fourth-order valence-corrected chi connectivity index (χ4v) is 2.40. The summed E-state index contributed by atoms with van der Waals surface area (Å²) in [5.41, 5.74) is 0.180. The Morgan fingerprint density at radius 3 is 2.50 bits per heavy atom. The zero-order valence-corrected chi connectivity index (χ0v) is 9.38. The summed E-state index contributed by atoms with van der Waals surface area (Å²) in [6.07, 6.45) is 5.24. The molecule has 1 aliphatic rings. The highest BCUT2D eigenvalue weighted by molar-refractivity contribution is 5.47. The number of aliphatic hydroxyl groups excluding tert-OH is 1. The van der Waals surface area contributed by atoms with Crippen molar-refractivity contribution in [3.05, 3.63) is 30.1 Å². The van der Waals surface area contributed by atoms with Crippen LogP contribution in [0, 0.1) is 5.82 Å². The minimum Gasteiger partial charge on any atom is -0.394 e. The lowest BCUT2D eigenvalue weighted by Gasteiger charge is -2.37. The molecule has 2 N–H and O–H groups in total. The molecule has 1 aromatic rings. The molecule has 2 rings (SSSR count). The van der Waals surface area contributed by atoms with Crippen molar-refractivity contribution < 1.29 is 9.50 Å². The van der Waals surface area contributed by atoms with Gasteiger partial charge in [-0.3, -0.25) is 0 Å². The van der Waals surface area contributed by atoms with E-state index in [9.17, 15) is 9.50 Å². The second kappa shape index (κ2) is 4.83. The summed E-state index contributed by atoms with van der Waals surface area (Å²) in [7, 11) is 0. The van der Waals surface area contributed by atoms with Crippen LogP contribution in [-0.4, -0.2) is 17.3 Å². The Morgan fingerprint density at radius 2 is 1.88 bits per heavy atom. The van der Waals surface area contributed by atoms with Gasteiger partial charge in [-0.05, 0) is 25.0 Å². The SMILES string of the molecule is OCC1(Nc2ccccc2F)CCCCC1. The van der Waals surface area contributed by atoms with E-state index < -0.39 is 0 Å². The molecular formula is C13H18FNO. The van der Waals surface area contributed by atoms with Crippen molar-refractivity contribution in [2.45, 2.75) is 37.6 Å². The summed E-state index contributed by atoms with van der Waals surface area (Å²) in [5.74, 6) is -0.249.